The molecule has 0 heterocycles. The zero-order valence-electron chi connectivity index (χ0n) is 18.2. The van der Waals surface area contributed by atoms with E-state index in [-0.39, 0.29) is 6.61 Å². The van der Waals surface area contributed by atoms with Crippen molar-refractivity contribution in [3.63, 3.8) is 0 Å². The van der Waals surface area contributed by atoms with E-state index in [9.17, 15) is 14.0 Å². The predicted molar refractivity (Wildman–Crippen MR) is 118 cm³/mol. The normalized spacial score (nSPS) is 15.3. The van der Waals surface area contributed by atoms with Gasteiger partial charge in [-0.1, -0.05) is 110 Å². The molecule has 0 bridgehead atoms. The molecule has 7 nitrogen and oxygen atoms in total. The summed E-state index contributed by atoms with van der Waals surface area (Å²) >= 11 is 0. The third-order valence-corrected chi connectivity index (χ3v) is 8.63. The molecule has 0 radical (unpaired) electrons. The van der Waals surface area contributed by atoms with Crippen molar-refractivity contribution in [3.05, 3.63) is 0 Å². The van der Waals surface area contributed by atoms with E-state index >= 15 is 0 Å². The molecule has 0 aliphatic carbocycles. The van der Waals surface area contributed by atoms with Gasteiger partial charge in [-0.15, -0.1) is 0 Å². The van der Waals surface area contributed by atoms with E-state index in [1.54, 1.807) is 0 Å². The van der Waals surface area contributed by atoms with Crippen LogP contribution in [0.1, 0.15) is 116 Å². The van der Waals surface area contributed by atoms with Crippen LogP contribution in [-0.4, -0.2) is 32.0 Å². The Morgan fingerprint density at radius 2 is 0.931 bits per heavy atom. The highest BCUT2D eigenvalue weighted by Gasteiger charge is 2.44. The van der Waals surface area contributed by atoms with Gasteiger partial charge in [0.05, 0.1) is 6.61 Å². The van der Waals surface area contributed by atoms with Crippen LogP contribution in [0.25, 0.3) is 0 Å². The van der Waals surface area contributed by atoms with Gasteiger partial charge in [0.15, 0.2) is 0 Å². The summed E-state index contributed by atoms with van der Waals surface area (Å²) in [6.45, 7) is 2.16. The number of aliphatic hydroxyl groups excluding tert-OH is 1. The van der Waals surface area contributed by atoms with Crippen LogP contribution in [0.2, 0.25) is 0 Å². The fourth-order valence-corrected chi connectivity index (χ4v) is 5.52. The first-order valence-electron chi connectivity index (χ1n) is 11.4. The second-order valence-corrected chi connectivity index (χ2v) is 11.9. The summed E-state index contributed by atoms with van der Waals surface area (Å²) in [5.74, 6) is 0. The number of rotatable bonds is 21. The molecule has 0 aromatic heterocycles. The van der Waals surface area contributed by atoms with E-state index < -0.39 is 20.8 Å². The Morgan fingerprint density at radius 3 is 1.24 bits per heavy atom. The van der Waals surface area contributed by atoms with Crippen LogP contribution in [0, 0.1) is 0 Å². The summed E-state index contributed by atoms with van der Waals surface area (Å²) in [5.41, 5.74) is -2.67. The second kappa shape index (κ2) is 17.9. The van der Waals surface area contributed by atoms with E-state index in [1.807, 2.05) is 0 Å². The summed E-state index contributed by atoms with van der Waals surface area (Å²) in [5, 5.41) is 9.16. The lowest BCUT2D eigenvalue weighted by Crippen LogP contribution is -2.10. The van der Waals surface area contributed by atoms with Gasteiger partial charge in [-0.2, -0.15) is 0 Å². The molecule has 0 fully saturated rings. The minimum absolute atomic E-state index is 0.0938. The fraction of sp³-hybridized carbons (Fsp3) is 1.00. The first kappa shape index (κ1) is 29.3. The minimum Gasteiger partial charge on any atom is -0.370 e. The molecule has 0 saturated carbocycles. The number of hydrogen-bond donors (Lipinski definition) is 4. The third kappa shape index (κ3) is 17.6. The lowest BCUT2D eigenvalue weighted by atomic mass is 10.0. The van der Waals surface area contributed by atoms with E-state index in [4.69, 9.17) is 14.9 Å². The molecule has 2 atom stereocenters. The monoisotopic (exact) mass is 458 g/mol. The van der Waals surface area contributed by atoms with Crippen molar-refractivity contribution in [2.75, 3.05) is 6.61 Å². The van der Waals surface area contributed by atoms with Crippen molar-refractivity contribution in [3.8, 4) is 0 Å². The average molecular weight is 459 g/mol. The van der Waals surface area contributed by atoms with Gasteiger partial charge >= 0.3 is 15.2 Å². The highest BCUT2D eigenvalue weighted by atomic mass is 31.2. The molecule has 4 N–H and O–H groups in total. The zero-order valence-corrected chi connectivity index (χ0v) is 20.0. The maximum atomic E-state index is 11.5. The molecule has 0 spiro atoms. The van der Waals surface area contributed by atoms with E-state index in [0.717, 1.165) is 19.3 Å². The first-order chi connectivity index (χ1) is 13.7. The molecule has 176 valence electrons. The Labute approximate surface area is 177 Å². The Kier molecular flexibility index (Phi) is 18.1. The van der Waals surface area contributed by atoms with Crippen LogP contribution in [0.5, 0.6) is 0 Å². The maximum absolute atomic E-state index is 11.5. The molecule has 29 heavy (non-hydrogen) atoms. The predicted octanol–water partition coefficient (Wildman–Crippen LogP) is 6.29. The van der Waals surface area contributed by atoms with Crippen molar-refractivity contribution < 1.29 is 33.4 Å². The van der Waals surface area contributed by atoms with Gasteiger partial charge in [-0.3, -0.25) is 9.13 Å². The number of unbranched alkanes of at least 4 members (excludes halogenated alkanes) is 16. The van der Waals surface area contributed by atoms with Crippen LogP contribution in [0.4, 0.5) is 0 Å². The third-order valence-electron chi connectivity index (χ3n) is 5.12. The van der Waals surface area contributed by atoms with Crippen LogP contribution < -0.4 is 0 Å². The summed E-state index contributed by atoms with van der Waals surface area (Å²) in [6.07, 6.45) is 20.8. The SMILES string of the molecule is CCCCCCCCCCCCCCCCCCCOP(=O)(O)C(O)P(=O)(O)O. The summed E-state index contributed by atoms with van der Waals surface area (Å²) in [7, 11) is -9.76. The van der Waals surface area contributed by atoms with Crippen LogP contribution in [0.15, 0.2) is 0 Å². The molecular formula is C20H44O7P2. The molecular weight excluding hydrogens is 414 g/mol. The fourth-order valence-electron chi connectivity index (χ4n) is 3.28. The quantitative estimate of drug-likeness (QED) is 0.118. The highest BCUT2D eigenvalue weighted by Crippen LogP contribution is 2.61. The molecule has 0 saturated heterocycles. The molecule has 2 unspecified atom stereocenters. The number of aliphatic hydroxyl groups is 1. The Morgan fingerprint density at radius 1 is 0.621 bits per heavy atom. The zero-order chi connectivity index (χ0) is 22.0. The van der Waals surface area contributed by atoms with Crippen molar-refractivity contribution in [2.24, 2.45) is 0 Å². The summed E-state index contributed by atoms with van der Waals surface area (Å²) < 4.78 is 26.9. The molecule has 0 aromatic rings. The Bertz CT molecular complexity index is 468. The van der Waals surface area contributed by atoms with Crippen molar-refractivity contribution in [1.82, 2.24) is 0 Å². The van der Waals surface area contributed by atoms with Gasteiger partial charge in [-0.25, -0.2) is 0 Å². The van der Waals surface area contributed by atoms with E-state index in [0.29, 0.717) is 6.42 Å². The standard InChI is InChI=1S/C20H44O7P2/c1-2-3-4-5-6-7-8-9-10-11-12-13-14-15-16-17-18-19-27-29(25,26)20(21)28(22,23)24/h20-21H,2-19H2,1H3,(H,25,26)(H2,22,23,24). The van der Waals surface area contributed by atoms with Crippen LogP contribution >= 0.6 is 15.2 Å². The lowest BCUT2D eigenvalue weighted by molar-refractivity contribution is 0.186. The van der Waals surface area contributed by atoms with Gasteiger partial charge in [0.1, 0.15) is 0 Å². The first-order valence-corrected chi connectivity index (χ1v) is 14.7. The molecule has 0 aromatic carbocycles. The molecule has 0 amide bonds. The highest BCUT2D eigenvalue weighted by molar-refractivity contribution is 7.70. The topological polar surface area (TPSA) is 124 Å². The van der Waals surface area contributed by atoms with Gasteiger partial charge in [0.2, 0.25) is 0 Å². The van der Waals surface area contributed by atoms with Gasteiger partial charge < -0.3 is 24.3 Å². The largest absolute Gasteiger partial charge is 0.370 e. The average Bonchev–Trinajstić information content (AvgIpc) is 2.65. The van der Waals surface area contributed by atoms with Crippen LogP contribution in [0.3, 0.4) is 0 Å². The molecule has 0 rings (SSSR count). The van der Waals surface area contributed by atoms with E-state index in [2.05, 4.69) is 11.4 Å². The summed E-state index contributed by atoms with van der Waals surface area (Å²) in [4.78, 5) is 26.8. The molecule has 9 heteroatoms. The minimum atomic E-state index is -5.05. The molecule has 0 aliphatic heterocycles. The second-order valence-electron chi connectivity index (χ2n) is 7.99. The Balaban J connectivity index is 3.34. The van der Waals surface area contributed by atoms with Crippen molar-refractivity contribution in [1.29, 1.82) is 0 Å². The van der Waals surface area contributed by atoms with Gasteiger partial charge in [0.25, 0.3) is 5.59 Å². The Hall–Kier alpha value is 0.260. The van der Waals surface area contributed by atoms with Gasteiger partial charge in [0, 0.05) is 0 Å². The van der Waals surface area contributed by atoms with Crippen LogP contribution in [-0.2, 0) is 13.7 Å². The van der Waals surface area contributed by atoms with Crippen molar-refractivity contribution >= 4 is 15.2 Å². The number of hydrogen-bond acceptors (Lipinski definition) is 4. The lowest BCUT2D eigenvalue weighted by Gasteiger charge is -2.18. The van der Waals surface area contributed by atoms with E-state index in [1.165, 1.54) is 83.5 Å². The summed E-state index contributed by atoms with van der Waals surface area (Å²) in [6, 6.07) is 0. The maximum Gasteiger partial charge on any atom is 0.368 e. The van der Waals surface area contributed by atoms with Gasteiger partial charge in [-0.05, 0) is 6.42 Å². The smallest absolute Gasteiger partial charge is 0.368 e. The molecule has 0 aliphatic rings. The van der Waals surface area contributed by atoms with Crippen molar-refractivity contribution in [2.45, 2.75) is 122 Å².